The zero-order valence-electron chi connectivity index (χ0n) is 18.8. The van der Waals surface area contributed by atoms with Crippen LogP contribution in [-0.2, 0) is 11.2 Å². The number of benzene rings is 2. The molecule has 0 spiro atoms. The number of nitrogens with zero attached hydrogens (tertiary/aromatic N) is 1. The van der Waals surface area contributed by atoms with Crippen LogP contribution >= 0.6 is 0 Å². The van der Waals surface area contributed by atoms with Gasteiger partial charge >= 0.3 is 5.63 Å². The number of pyridine rings is 1. The van der Waals surface area contributed by atoms with E-state index in [4.69, 9.17) is 9.15 Å². The number of carbonyl (C=O) groups excluding carboxylic acids is 2. The lowest BCUT2D eigenvalue weighted by molar-refractivity contribution is -0.116. The number of amides is 2. The third-order valence-corrected chi connectivity index (χ3v) is 5.44. The molecule has 8 nitrogen and oxygen atoms in total. The largest absolute Gasteiger partial charge is 0.497 e. The highest BCUT2D eigenvalue weighted by Gasteiger charge is 2.14. The van der Waals surface area contributed by atoms with Crippen LogP contribution in [-0.4, -0.2) is 23.9 Å². The summed E-state index contributed by atoms with van der Waals surface area (Å²) in [7, 11) is 1.55. The van der Waals surface area contributed by atoms with Crippen molar-refractivity contribution >= 4 is 34.2 Å². The first-order chi connectivity index (χ1) is 16.4. The number of methoxy groups -OCH3 is 1. The molecule has 0 aliphatic carbocycles. The standard InChI is InChI=1S/C26H23N3O5/c1-16-21-7-6-20(33-2)15-23(21)34-26(32)22(16)8-9-24(30)28-18-4-3-5-19(14-18)29-25(31)17-10-12-27-13-11-17/h3-7,10-15H,8-9H2,1-2H3,(H,28,30)(H,29,31). The van der Waals surface area contributed by atoms with Gasteiger partial charge in [0.1, 0.15) is 11.3 Å². The third-order valence-electron chi connectivity index (χ3n) is 5.44. The quantitative estimate of drug-likeness (QED) is 0.400. The van der Waals surface area contributed by atoms with Gasteiger partial charge in [-0.1, -0.05) is 6.07 Å². The summed E-state index contributed by atoms with van der Waals surface area (Å²) in [5, 5.41) is 6.40. The number of anilines is 2. The lowest BCUT2D eigenvalue weighted by Crippen LogP contribution is -2.17. The van der Waals surface area contributed by atoms with Gasteiger partial charge in [-0.15, -0.1) is 0 Å². The summed E-state index contributed by atoms with van der Waals surface area (Å²) < 4.78 is 10.6. The molecule has 8 heteroatoms. The van der Waals surface area contributed by atoms with Gasteiger partial charge in [0, 0.05) is 52.8 Å². The van der Waals surface area contributed by atoms with Crippen molar-refractivity contribution in [1.82, 2.24) is 4.98 Å². The van der Waals surface area contributed by atoms with E-state index in [9.17, 15) is 14.4 Å². The average Bonchev–Trinajstić information content (AvgIpc) is 2.84. The second-order valence-corrected chi connectivity index (χ2v) is 7.67. The predicted molar refractivity (Wildman–Crippen MR) is 129 cm³/mol. The molecular weight excluding hydrogens is 434 g/mol. The SMILES string of the molecule is COc1ccc2c(C)c(CCC(=O)Nc3cccc(NC(=O)c4ccncc4)c3)c(=O)oc2c1. The molecule has 4 rings (SSSR count). The van der Waals surface area contributed by atoms with E-state index in [0.717, 1.165) is 10.9 Å². The molecule has 0 fully saturated rings. The minimum atomic E-state index is -0.466. The van der Waals surface area contributed by atoms with E-state index in [1.165, 1.54) is 0 Å². The molecule has 2 aromatic heterocycles. The summed E-state index contributed by atoms with van der Waals surface area (Å²) in [5.41, 5.74) is 2.78. The van der Waals surface area contributed by atoms with Crippen molar-refractivity contribution in [3.05, 3.63) is 94.1 Å². The molecule has 0 aliphatic rings. The highest BCUT2D eigenvalue weighted by atomic mass is 16.5. The number of aryl methyl sites for hydroxylation is 1. The number of hydrogen-bond acceptors (Lipinski definition) is 6. The zero-order chi connectivity index (χ0) is 24.1. The summed E-state index contributed by atoms with van der Waals surface area (Å²) in [6.45, 7) is 1.84. The Balaban J connectivity index is 1.42. The Labute approximate surface area is 195 Å². The molecule has 0 bridgehead atoms. The summed E-state index contributed by atoms with van der Waals surface area (Å²) in [5.74, 6) is 0.0645. The van der Waals surface area contributed by atoms with Crippen LogP contribution in [0.2, 0.25) is 0 Å². The molecule has 0 aliphatic heterocycles. The fourth-order valence-corrected chi connectivity index (χ4v) is 3.63. The van der Waals surface area contributed by atoms with E-state index in [2.05, 4.69) is 15.6 Å². The Morgan fingerprint density at radius 1 is 1.00 bits per heavy atom. The Kier molecular flexibility index (Phi) is 6.68. The van der Waals surface area contributed by atoms with E-state index in [-0.39, 0.29) is 24.7 Å². The second kappa shape index (κ2) is 9.99. The first-order valence-electron chi connectivity index (χ1n) is 10.7. The molecule has 0 saturated carbocycles. The topological polar surface area (TPSA) is 111 Å². The number of nitrogens with one attached hydrogen (secondary N) is 2. The summed E-state index contributed by atoms with van der Waals surface area (Å²) in [6, 6.07) is 15.4. The number of rotatable bonds is 7. The maximum Gasteiger partial charge on any atom is 0.339 e. The van der Waals surface area contributed by atoms with Crippen molar-refractivity contribution in [2.75, 3.05) is 17.7 Å². The van der Waals surface area contributed by atoms with Crippen molar-refractivity contribution in [2.45, 2.75) is 19.8 Å². The van der Waals surface area contributed by atoms with Gasteiger partial charge in [-0.2, -0.15) is 0 Å². The molecule has 0 atom stereocenters. The van der Waals surface area contributed by atoms with Crippen LogP contribution < -0.4 is 21.0 Å². The molecule has 4 aromatic rings. The Morgan fingerprint density at radius 3 is 2.47 bits per heavy atom. The first-order valence-corrected chi connectivity index (χ1v) is 10.7. The van der Waals surface area contributed by atoms with E-state index < -0.39 is 5.63 Å². The normalized spacial score (nSPS) is 10.6. The predicted octanol–water partition coefficient (Wildman–Crippen LogP) is 4.33. The van der Waals surface area contributed by atoms with Gasteiger partial charge in [-0.25, -0.2) is 4.79 Å². The van der Waals surface area contributed by atoms with Crippen molar-refractivity contribution in [1.29, 1.82) is 0 Å². The van der Waals surface area contributed by atoms with Crippen molar-refractivity contribution in [3.63, 3.8) is 0 Å². The van der Waals surface area contributed by atoms with Crippen molar-refractivity contribution in [3.8, 4) is 5.75 Å². The maximum absolute atomic E-state index is 12.6. The van der Waals surface area contributed by atoms with Crippen LogP contribution in [0, 0.1) is 6.92 Å². The van der Waals surface area contributed by atoms with Gasteiger partial charge < -0.3 is 19.8 Å². The molecule has 2 heterocycles. The van der Waals surface area contributed by atoms with Crippen LogP contribution in [0.1, 0.15) is 27.9 Å². The molecule has 2 aromatic carbocycles. The zero-order valence-corrected chi connectivity index (χ0v) is 18.8. The molecule has 172 valence electrons. The van der Waals surface area contributed by atoms with Gasteiger partial charge in [-0.05, 0) is 61.4 Å². The Morgan fingerprint density at radius 2 is 1.74 bits per heavy atom. The highest BCUT2D eigenvalue weighted by Crippen LogP contribution is 2.24. The highest BCUT2D eigenvalue weighted by molar-refractivity contribution is 6.04. The van der Waals surface area contributed by atoms with Crippen LogP contribution in [0.5, 0.6) is 5.75 Å². The van der Waals surface area contributed by atoms with Gasteiger partial charge in [0.25, 0.3) is 5.91 Å². The van der Waals surface area contributed by atoms with E-state index in [1.807, 2.05) is 13.0 Å². The van der Waals surface area contributed by atoms with E-state index in [0.29, 0.717) is 33.8 Å². The van der Waals surface area contributed by atoms with Crippen LogP contribution in [0.15, 0.2) is 76.2 Å². The van der Waals surface area contributed by atoms with E-state index >= 15 is 0 Å². The molecule has 2 amide bonds. The smallest absolute Gasteiger partial charge is 0.339 e. The molecule has 34 heavy (non-hydrogen) atoms. The van der Waals surface area contributed by atoms with Crippen molar-refractivity contribution < 1.29 is 18.7 Å². The van der Waals surface area contributed by atoms with E-state index in [1.54, 1.807) is 68.0 Å². The number of carbonyl (C=O) groups is 2. The summed E-state index contributed by atoms with van der Waals surface area (Å²) in [4.78, 5) is 41.3. The fraction of sp³-hybridized carbons (Fsp3) is 0.154. The van der Waals surface area contributed by atoms with Gasteiger partial charge in [-0.3, -0.25) is 14.6 Å². The van der Waals surface area contributed by atoms with Gasteiger partial charge in [0.05, 0.1) is 7.11 Å². The monoisotopic (exact) mass is 457 g/mol. The minimum absolute atomic E-state index is 0.0981. The minimum Gasteiger partial charge on any atom is -0.497 e. The molecule has 0 radical (unpaired) electrons. The molecule has 0 saturated heterocycles. The number of ether oxygens (including phenoxy) is 1. The number of fused-ring (bicyclic) bond motifs is 1. The number of hydrogen-bond donors (Lipinski definition) is 2. The van der Waals surface area contributed by atoms with Crippen LogP contribution in [0.4, 0.5) is 11.4 Å². The lowest BCUT2D eigenvalue weighted by Gasteiger charge is -2.10. The first kappa shape index (κ1) is 22.7. The van der Waals surface area contributed by atoms with Gasteiger partial charge in [0.15, 0.2) is 0 Å². The van der Waals surface area contributed by atoms with Gasteiger partial charge in [0.2, 0.25) is 5.91 Å². The third kappa shape index (κ3) is 5.12. The molecule has 2 N–H and O–H groups in total. The Bertz CT molecular complexity index is 1410. The lowest BCUT2D eigenvalue weighted by atomic mass is 10.0. The number of aromatic nitrogens is 1. The summed E-state index contributed by atoms with van der Waals surface area (Å²) >= 11 is 0. The molecule has 0 unspecified atom stereocenters. The van der Waals surface area contributed by atoms with Crippen LogP contribution in [0.25, 0.3) is 11.0 Å². The average molecular weight is 457 g/mol. The molecular formula is C26H23N3O5. The van der Waals surface area contributed by atoms with Crippen LogP contribution in [0.3, 0.4) is 0 Å². The maximum atomic E-state index is 12.6. The fourth-order valence-electron chi connectivity index (χ4n) is 3.63. The van der Waals surface area contributed by atoms with Crippen molar-refractivity contribution in [2.24, 2.45) is 0 Å². The second-order valence-electron chi connectivity index (χ2n) is 7.67. The summed E-state index contributed by atoms with van der Waals surface area (Å²) in [6.07, 6.45) is 3.42. The Hall–Kier alpha value is -4.46.